The maximum Gasteiger partial charge on any atom is 0.183 e. The summed E-state index contributed by atoms with van der Waals surface area (Å²) in [5.41, 5.74) is 0.690. The topological polar surface area (TPSA) is 41.6 Å². The van der Waals surface area contributed by atoms with Gasteiger partial charge in [-0.2, -0.15) is 0 Å². The number of carbonyl (C=O) groups excluding carboxylic acids is 1. The molecule has 4 heteroatoms. The first-order chi connectivity index (χ1) is 9.27. The van der Waals surface area contributed by atoms with Gasteiger partial charge < -0.3 is 10.1 Å². The standard InChI is InChI=1S/C15H22N2O2/c1-3-13(17-10-8-16-9-11-17)15(18)12-6-4-5-7-14(12)19-2/h4-7,13,16H,3,8-11H2,1-2H3. The minimum Gasteiger partial charge on any atom is -0.496 e. The lowest BCUT2D eigenvalue weighted by molar-refractivity contribution is 0.0787. The van der Waals surface area contributed by atoms with Gasteiger partial charge in [0.15, 0.2) is 5.78 Å². The van der Waals surface area contributed by atoms with Gasteiger partial charge in [0.1, 0.15) is 5.75 Å². The van der Waals surface area contributed by atoms with Crippen LogP contribution in [0.1, 0.15) is 23.7 Å². The number of ketones is 1. The molecule has 1 aliphatic rings. The molecule has 1 fully saturated rings. The number of piperazine rings is 1. The molecule has 0 radical (unpaired) electrons. The molecule has 1 heterocycles. The summed E-state index contributed by atoms with van der Waals surface area (Å²) in [5, 5.41) is 3.32. The van der Waals surface area contributed by atoms with Crippen LogP contribution >= 0.6 is 0 Å². The molecule has 19 heavy (non-hydrogen) atoms. The van der Waals surface area contributed by atoms with Gasteiger partial charge in [-0.3, -0.25) is 9.69 Å². The highest BCUT2D eigenvalue weighted by Crippen LogP contribution is 2.22. The number of nitrogens with zero attached hydrogens (tertiary/aromatic N) is 1. The average Bonchev–Trinajstić information content (AvgIpc) is 2.49. The van der Waals surface area contributed by atoms with Crippen molar-refractivity contribution in [2.75, 3.05) is 33.3 Å². The molecular weight excluding hydrogens is 240 g/mol. The summed E-state index contributed by atoms with van der Waals surface area (Å²) in [6, 6.07) is 7.43. The molecule has 1 aliphatic heterocycles. The zero-order valence-electron chi connectivity index (χ0n) is 11.7. The lowest BCUT2D eigenvalue weighted by Gasteiger charge is -2.33. The van der Waals surface area contributed by atoms with Gasteiger partial charge >= 0.3 is 0 Å². The number of Topliss-reactive ketones (excluding diaryl/α,β-unsaturated/α-hetero) is 1. The average molecular weight is 262 g/mol. The highest BCUT2D eigenvalue weighted by Gasteiger charge is 2.27. The first-order valence-corrected chi connectivity index (χ1v) is 6.90. The Morgan fingerprint density at radius 2 is 2.05 bits per heavy atom. The van der Waals surface area contributed by atoms with Gasteiger partial charge in [0.25, 0.3) is 0 Å². The molecule has 1 N–H and O–H groups in total. The van der Waals surface area contributed by atoms with E-state index in [2.05, 4.69) is 17.1 Å². The Balaban J connectivity index is 2.19. The van der Waals surface area contributed by atoms with Crippen molar-refractivity contribution in [3.63, 3.8) is 0 Å². The van der Waals surface area contributed by atoms with Crippen LogP contribution in [0.25, 0.3) is 0 Å². The van der Waals surface area contributed by atoms with Crippen molar-refractivity contribution in [3.05, 3.63) is 29.8 Å². The molecule has 0 saturated carbocycles. The Morgan fingerprint density at radius 1 is 1.37 bits per heavy atom. The van der Waals surface area contributed by atoms with Crippen molar-refractivity contribution in [2.24, 2.45) is 0 Å². The zero-order valence-corrected chi connectivity index (χ0v) is 11.7. The van der Waals surface area contributed by atoms with E-state index in [4.69, 9.17) is 4.74 Å². The molecule has 1 aromatic rings. The normalized spacial score (nSPS) is 18.0. The minimum absolute atomic E-state index is 0.0431. The van der Waals surface area contributed by atoms with Gasteiger partial charge in [-0.25, -0.2) is 0 Å². The third kappa shape index (κ3) is 3.14. The number of rotatable bonds is 5. The Morgan fingerprint density at radius 3 is 2.68 bits per heavy atom. The molecule has 0 aromatic heterocycles. The number of methoxy groups -OCH3 is 1. The largest absolute Gasteiger partial charge is 0.496 e. The van der Waals surface area contributed by atoms with Gasteiger partial charge in [0, 0.05) is 26.2 Å². The van der Waals surface area contributed by atoms with E-state index < -0.39 is 0 Å². The predicted octanol–water partition coefficient (Wildman–Crippen LogP) is 1.56. The maximum absolute atomic E-state index is 12.7. The maximum atomic E-state index is 12.7. The lowest BCUT2D eigenvalue weighted by Crippen LogP contribution is -2.51. The summed E-state index contributed by atoms with van der Waals surface area (Å²) in [7, 11) is 1.61. The van der Waals surface area contributed by atoms with E-state index in [1.165, 1.54) is 0 Å². The van der Waals surface area contributed by atoms with Crippen LogP contribution in [0.2, 0.25) is 0 Å². The first-order valence-electron chi connectivity index (χ1n) is 6.90. The van der Waals surface area contributed by atoms with E-state index in [1.807, 2.05) is 24.3 Å². The van der Waals surface area contributed by atoms with E-state index >= 15 is 0 Å². The monoisotopic (exact) mass is 262 g/mol. The highest BCUT2D eigenvalue weighted by molar-refractivity contribution is 6.02. The molecule has 0 aliphatic carbocycles. The second kappa shape index (κ2) is 6.68. The molecule has 0 bridgehead atoms. The van der Waals surface area contributed by atoms with Crippen molar-refractivity contribution < 1.29 is 9.53 Å². The van der Waals surface area contributed by atoms with E-state index in [0.717, 1.165) is 32.6 Å². The smallest absolute Gasteiger partial charge is 0.183 e. The van der Waals surface area contributed by atoms with Gasteiger partial charge in [0.2, 0.25) is 0 Å². The van der Waals surface area contributed by atoms with Crippen LogP contribution in [-0.2, 0) is 0 Å². The van der Waals surface area contributed by atoms with Crippen LogP contribution in [0.15, 0.2) is 24.3 Å². The van der Waals surface area contributed by atoms with E-state index in [0.29, 0.717) is 11.3 Å². The van der Waals surface area contributed by atoms with Gasteiger partial charge in [-0.1, -0.05) is 19.1 Å². The van der Waals surface area contributed by atoms with Crippen LogP contribution in [0, 0.1) is 0 Å². The number of para-hydroxylation sites is 1. The Hall–Kier alpha value is -1.39. The van der Waals surface area contributed by atoms with Crippen LogP contribution in [-0.4, -0.2) is 50.0 Å². The molecular formula is C15H22N2O2. The number of nitrogens with one attached hydrogen (secondary N) is 1. The predicted molar refractivity (Wildman–Crippen MR) is 75.8 cm³/mol. The van der Waals surface area contributed by atoms with Crippen molar-refractivity contribution in [3.8, 4) is 5.75 Å². The molecule has 0 amide bonds. The lowest BCUT2D eigenvalue weighted by atomic mass is 9.99. The quantitative estimate of drug-likeness (QED) is 0.818. The third-order valence-corrected chi connectivity index (χ3v) is 3.65. The van der Waals surface area contributed by atoms with Gasteiger partial charge in [-0.15, -0.1) is 0 Å². The SMILES string of the molecule is CCC(C(=O)c1ccccc1OC)N1CCNCC1. The molecule has 104 valence electrons. The summed E-state index contributed by atoms with van der Waals surface area (Å²) in [6.45, 7) is 5.84. The molecule has 1 saturated heterocycles. The fourth-order valence-corrected chi connectivity index (χ4v) is 2.63. The zero-order chi connectivity index (χ0) is 13.7. The van der Waals surface area contributed by atoms with Crippen LogP contribution in [0.3, 0.4) is 0 Å². The third-order valence-electron chi connectivity index (χ3n) is 3.65. The summed E-state index contributed by atoms with van der Waals surface area (Å²) in [6.07, 6.45) is 0.830. The number of carbonyl (C=O) groups is 1. The first kappa shape index (κ1) is 14.0. The Bertz CT molecular complexity index is 428. The van der Waals surface area contributed by atoms with Crippen molar-refractivity contribution in [1.29, 1.82) is 0 Å². The highest BCUT2D eigenvalue weighted by atomic mass is 16.5. The summed E-state index contributed by atoms with van der Waals surface area (Å²) >= 11 is 0. The molecule has 2 rings (SSSR count). The number of benzene rings is 1. The molecule has 4 nitrogen and oxygen atoms in total. The molecule has 0 spiro atoms. The second-order valence-electron chi connectivity index (χ2n) is 4.77. The van der Waals surface area contributed by atoms with E-state index in [-0.39, 0.29) is 11.8 Å². The van der Waals surface area contributed by atoms with Crippen LogP contribution in [0.4, 0.5) is 0 Å². The summed E-state index contributed by atoms with van der Waals surface area (Å²) < 4.78 is 5.30. The van der Waals surface area contributed by atoms with Crippen molar-refractivity contribution in [1.82, 2.24) is 10.2 Å². The van der Waals surface area contributed by atoms with Crippen LogP contribution in [0.5, 0.6) is 5.75 Å². The van der Waals surface area contributed by atoms with E-state index in [1.54, 1.807) is 7.11 Å². The van der Waals surface area contributed by atoms with Gasteiger partial charge in [0.05, 0.1) is 18.7 Å². The molecule has 1 unspecified atom stereocenters. The molecule has 1 atom stereocenters. The van der Waals surface area contributed by atoms with Crippen molar-refractivity contribution >= 4 is 5.78 Å². The van der Waals surface area contributed by atoms with Gasteiger partial charge in [-0.05, 0) is 18.6 Å². The number of hydrogen-bond acceptors (Lipinski definition) is 4. The minimum atomic E-state index is -0.0431. The fourth-order valence-electron chi connectivity index (χ4n) is 2.63. The summed E-state index contributed by atoms with van der Waals surface area (Å²) in [5.74, 6) is 0.836. The van der Waals surface area contributed by atoms with Crippen LogP contribution < -0.4 is 10.1 Å². The Labute approximate surface area is 114 Å². The van der Waals surface area contributed by atoms with Crippen molar-refractivity contribution in [2.45, 2.75) is 19.4 Å². The fraction of sp³-hybridized carbons (Fsp3) is 0.533. The van der Waals surface area contributed by atoms with E-state index in [9.17, 15) is 4.79 Å². The summed E-state index contributed by atoms with van der Waals surface area (Å²) in [4.78, 5) is 15.0. The second-order valence-corrected chi connectivity index (χ2v) is 4.77. The molecule has 1 aromatic carbocycles. The number of ether oxygens (including phenoxy) is 1. The Kier molecular flexibility index (Phi) is 4.93. The number of hydrogen-bond donors (Lipinski definition) is 1.